The molecule has 1 aromatic heterocycles. The van der Waals surface area contributed by atoms with Crippen molar-refractivity contribution in [3.05, 3.63) is 29.8 Å². The highest BCUT2D eigenvalue weighted by Gasteiger charge is 2.12. The van der Waals surface area contributed by atoms with Crippen LogP contribution in [0, 0.1) is 5.82 Å². The molecule has 1 rings (SSSR count). The van der Waals surface area contributed by atoms with Crippen LogP contribution in [-0.4, -0.2) is 28.6 Å². The monoisotopic (exact) mass is 198 g/mol. The Balaban J connectivity index is 2.75. The number of aliphatic hydroxyl groups is 1. The predicted octanol–water partition coefficient (Wildman–Crippen LogP) is 0.331. The molecule has 5 heteroatoms. The highest BCUT2D eigenvalue weighted by molar-refractivity contribution is 5.94. The van der Waals surface area contributed by atoms with Crippen molar-refractivity contribution >= 4 is 5.91 Å². The van der Waals surface area contributed by atoms with Gasteiger partial charge in [0.1, 0.15) is 0 Å². The summed E-state index contributed by atoms with van der Waals surface area (Å²) in [5.74, 6) is -1.22. The van der Waals surface area contributed by atoms with E-state index in [4.69, 9.17) is 5.11 Å². The number of rotatable bonds is 3. The smallest absolute Gasteiger partial charge is 0.254 e. The molecule has 4 nitrogen and oxygen atoms in total. The van der Waals surface area contributed by atoms with Crippen LogP contribution in [-0.2, 0) is 0 Å². The van der Waals surface area contributed by atoms with Gasteiger partial charge in [-0.05, 0) is 13.0 Å². The van der Waals surface area contributed by atoms with E-state index >= 15 is 0 Å². The molecule has 1 heterocycles. The normalized spacial score (nSPS) is 12.2. The summed E-state index contributed by atoms with van der Waals surface area (Å²) in [7, 11) is 0. The van der Waals surface area contributed by atoms with Crippen LogP contribution >= 0.6 is 0 Å². The number of pyridine rings is 1. The van der Waals surface area contributed by atoms with Crippen LogP contribution in [0.15, 0.2) is 18.5 Å². The molecule has 2 N–H and O–H groups in total. The van der Waals surface area contributed by atoms with Gasteiger partial charge >= 0.3 is 0 Å². The van der Waals surface area contributed by atoms with E-state index in [2.05, 4.69) is 10.3 Å². The van der Waals surface area contributed by atoms with Crippen LogP contribution < -0.4 is 5.32 Å². The number of halogens is 1. The van der Waals surface area contributed by atoms with E-state index in [0.29, 0.717) is 0 Å². The fourth-order valence-electron chi connectivity index (χ4n) is 0.907. The summed E-state index contributed by atoms with van der Waals surface area (Å²) in [5.41, 5.74) is -0.0692. The van der Waals surface area contributed by atoms with Crippen molar-refractivity contribution in [1.29, 1.82) is 0 Å². The Morgan fingerprint density at radius 1 is 1.79 bits per heavy atom. The van der Waals surface area contributed by atoms with Crippen molar-refractivity contribution in [3.63, 3.8) is 0 Å². The van der Waals surface area contributed by atoms with Gasteiger partial charge in [-0.3, -0.25) is 9.78 Å². The number of nitrogens with zero attached hydrogens (tertiary/aromatic N) is 1. The summed E-state index contributed by atoms with van der Waals surface area (Å²) in [5, 5.41) is 11.1. The first kappa shape index (κ1) is 10.6. The van der Waals surface area contributed by atoms with Crippen molar-refractivity contribution in [3.8, 4) is 0 Å². The molecule has 0 spiro atoms. The summed E-state index contributed by atoms with van der Waals surface area (Å²) in [4.78, 5) is 14.9. The van der Waals surface area contributed by atoms with Crippen molar-refractivity contribution in [2.24, 2.45) is 0 Å². The van der Waals surface area contributed by atoms with Crippen molar-refractivity contribution in [2.45, 2.75) is 13.0 Å². The van der Waals surface area contributed by atoms with E-state index in [9.17, 15) is 9.18 Å². The van der Waals surface area contributed by atoms with E-state index in [1.807, 2.05) is 0 Å². The van der Waals surface area contributed by atoms with Crippen LogP contribution in [0.1, 0.15) is 17.3 Å². The van der Waals surface area contributed by atoms with Gasteiger partial charge in [0.15, 0.2) is 5.82 Å². The van der Waals surface area contributed by atoms with Crippen molar-refractivity contribution in [2.75, 3.05) is 6.61 Å². The minimum atomic E-state index is -0.671. The first-order valence-corrected chi connectivity index (χ1v) is 4.16. The van der Waals surface area contributed by atoms with Gasteiger partial charge in [0, 0.05) is 12.2 Å². The quantitative estimate of drug-likeness (QED) is 0.735. The van der Waals surface area contributed by atoms with Crippen LogP contribution in [0.2, 0.25) is 0 Å². The van der Waals surface area contributed by atoms with Crippen molar-refractivity contribution < 1.29 is 14.3 Å². The lowest BCUT2D eigenvalue weighted by atomic mass is 10.2. The van der Waals surface area contributed by atoms with Gasteiger partial charge in [0.2, 0.25) is 0 Å². The molecule has 1 amide bonds. The number of aliphatic hydroxyl groups excluding tert-OH is 1. The Bertz CT molecular complexity index is 330. The maximum Gasteiger partial charge on any atom is 0.254 e. The third-order valence-corrected chi connectivity index (χ3v) is 1.67. The largest absolute Gasteiger partial charge is 0.394 e. The molecule has 0 fully saturated rings. The first-order chi connectivity index (χ1) is 6.65. The predicted molar refractivity (Wildman–Crippen MR) is 48.2 cm³/mol. The lowest BCUT2D eigenvalue weighted by Crippen LogP contribution is -2.35. The molecule has 0 unspecified atom stereocenters. The fraction of sp³-hybridized carbons (Fsp3) is 0.333. The Kier molecular flexibility index (Phi) is 3.53. The van der Waals surface area contributed by atoms with E-state index in [-0.39, 0.29) is 12.2 Å². The molecule has 1 atom stereocenters. The van der Waals surface area contributed by atoms with E-state index < -0.39 is 17.8 Å². The highest BCUT2D eigenvalue weighted by atomic mass is 19.1. The molecule has 0 aromatic carbocycles. The number of hydrogen-bond acceptors (Lipinski definition) is 3. The van der Waals surface area contributed by atoms with Gasteiger partial charge in [0.05, 0.1) is 18.4 Å². The molecular formula is C9H11FN2O2. The minimum absolute atomic E-state index is 0.0692. The summed E-state index contributed by atoms with van der Waals surface area (Å²) in [6.07, 6.45) is 2.31. The van der Waals surface area contributed by atoms with Crippen LogP contribution in [0.5, 0.6) is 0 Å². The minimum Gasteiger partial charge on any atom is -0.394 e. The van der Waals surface area contributed by atoms with Gasteiger partial charge in [-0.25, -0.2) is 4.39 Å². The molecular weight excluding hydrogens is 187 g/mol. The number of carbonyl (C=O) groups excluding carboxylic acids is 1. The molecule has 76 valence electrons. The topological polar surface area (TPSA) is 62.2 Å². The number of nitrogens with one attached hydrogen (secondary N) is 1. The van der Waals surface area contributed by atoms with E-state index in [1.54, 1.807) is 6.92 Å². The molecule has 14 heavy (non-hydrogen) atoms. The Labute approximate surface area is 80.8 Å². The van der Waals surface area contributed by atoms with Gasteiger partial charge < -0.3 is 10.4 Å². The average molecular weight is 198 g/mol. The molecule has 0 radical (unpaired) electrons. The first-order valence-electron chi connectivity index (χ1n) is 4.16. The SMILES string of the molecule is C[C@@H](CO)NC(=O)c1ccncc1F. The Hall–Kier alpha value is -1.49. The van der Waals surface area contributed by atoms with Crippen LogP contribution in [0.4, 0.5) is 4.39 Å². The maximum atomic E-state index is 13.0. The van der Waals surface area contributed by atoms with Crippen LogP contribution in [0.3, 0.4) is 0 Å². The number of hydrogen-bond donors (Lipinski definition) is 2. The van der Waals surface area contributed by atoms with Gasteiger partial charge in [-0.15, -0.1) is 0 Å². The van der Waals surface area contributed by atoms with E-state index in [1.165, 1.54) is 12.3 Å². The number of aromatic nitrogens is 1. The molecule has 0 saturated heterocycles. The van der Waals surface area contributed by atoms with Gasteiger partial charge in [-0.1, -0.05) is 0 Å². The maximum absolute atomic E-state index is 13.0. The Morgan fingerprint density at radius 2 is 2.50 bits per heavy atom. The Morgan fingerprint density at radius 3 is 3.07 bits per heavy atom. The zero-order valence-electron chi connectivity index (χ0n) is 7.70. The second kappa shape index (κ2) is 4.66. The third-order valence-electron chi connectivity index (χ3n) is 1.67. The highest BCUT2D eigenvalue weighted by Crippen LogP contribution is 2.04. The lowest BCUT2D eigenvalue weighted by molar-refractivity contribution is 0.0918. The summed E-state index contributed by atoms with van der Waals surface area (Å²) < 4.78 is 13.0. The number of amides is 1. The molecule has 0 aliphatic heterocycles. The summed E-state index contributed by atoms with van der Waals surface area (Å²) in [6.45, 7) is 1.44. The molecule has 1 aromatic rings. The molecule has 0 aliphatic rings. The average Bonchev–Trinajstić information content (AvgIpc) is 2.18. The zero-order chi connectivity index (χ0) is 10.6. The fourth-order valence-corrected chi connectivity index (χ4v) is 0.907. The second-order valence-corrected chi connectivity index (χ2v) is 2.91. The van der Waals surface area contributed by atoms with Crippen LogP contribution in [0.25, 0.3) is 0 Å². The van der Waals surface area contributed by atoms with Gasteiger partial charge in [0.25, 0.3) is 5.91 Å². The summed E-state index contributed by atoms with van der Waals surface area (Å²) >= 11 is 0. The second-order valence-electron chi connectivity index (χ2n) is 2.91. The van der Waals surface area contributed by atoms with Gasteiger partial charge in [-0.2, -0.15) is 0 Å². The third kappa shape index (κ3) is 2.50. The standard InChI is InChI=1S/C9H11FN2O2/c1-6(5-13)12-9(14)7-2-3-11-4-8(7)10/h2-4,6,13H,5H2,1H3,(H,12,14)/t6-/m0/s1. The molecule has 0 bridgehead atoms. The zero-order valence-corrected chi connectivity index (χ0v) is 7.70. The number of carbonyl (C=O) groups is 1. The van der Waals surface area contributed by atoms with Crippen molar-refractivity contribution in [1.82, 2.24) is 10.3 Å². The lowest BCUT2D eigenvalue weighted by Gasteiger charge is -2.10. The molecule has 0 saturated carbocycles. The molecule has 0 aliphatic carbocycles. The summed E-state index contributed by atoms with van der Waals surface area (Å²) in [6, 6.07) is 0.893. The van der Waals surface area contributed by atoms with E-state index in [0.717, 1.165) is 6.20 Å².